The normalized spacial score (nSPS) is 31.0. The van der Waals surface area contributed by atoms with E-state index in [1.54, 1.807) is 0 Å². The molecule has 2 aliphatic rings. The predicted molar refractivity (Wildman–Crippen MR) is 66.6 cm³/mol. The summed E-state index contributed by atoms with van der Waals surface area (Å²) in [6, 6.07) is 0. The van der Waals surface area contributed by atoms with Gasteiger partial charge in [-0.15, -0.1) is 12.4 Å². The third-order valence-corrected chi connectivity index (χ3v) is 3.59. The maximum Gasteiger partial charge on any atom is 0.221 e. The Balaban J connectivity index is 0.00000128. The van der Waals surface area contributed by atoms with Crippen molar-refractivity contribution in [2.75, 3.05) is 32.7 Å². The van der Waals surface area contributed by atoms with E-state index in [2.05, 4.69) is 10.2 Å². The van der Waals surface area contributed by atoms with E-state index in [1.807, 2.05) is 0 Å². The van der Waals surface area contributed by atoms with Gasteiger partial charge in [-0.25, -0.2) is 0 Å². The van der Waals surface area contributed by atoms with Crippen LogP contribution in [0.25, 0.3) is 0 Å². The molecule has 2 unspecified atom stereocenters. The molecule has 2 heterocycles. The molecule has 5 heteroatoms. The average molecular weight is 248 g/mol. The largest absolute Gasteiger partial charge is 0.369 e. The van der Waals surface area contributed by atoms with Gasteiger partial charge in [-0.05, 0) is 44.8 Å². The number of nitrogens with one attached hydrogen (secondary N) is 1. The Hall–Kier alpha value is -0.320. The molecule has 0 aromatic heterocycles. The van der Waals surface area contributed by atoms with Crippen LogP contribution in [0.2, 0.25) is 0 Å². The molecule has 2 saturated heterocycles. The van der Waals surface area contributed by atoms with Crippen LogP contribution in [0.1, 0.15) is 19.3 Å². The van der Waals surface area contributed by atoms with E-state index in [-0.39, 0.29) is 24.2 Å². The Morgan fingerprint density at radius 3 is 2.81 bits per heavy atom. The summed E-state index contributed by atoms with van der Waals surface area (Å²) in [6.45, 7) is 5.37. The van der Waals surface area contributed by atoms with Crippen LogP contribution >= 0.6 is 12.4 Å². The van der Waals surface area contributed by atoms with Crippen molar-refractivity contribution in [1.29, 1.82) is 0 Å². The summed E-state index contributed by atoms with van der Waals surface area (Å²) in [5.41, 5.74) is 5.32. The topological polar surface area (TPSA) is 58.4 Å². The lowest BCUT2D eigenvalue weighted by Crippen LogP contribution is -2.38. The van der Waals surface area contributed by atoms with Gasteiger partial charge in [0.2, 0.25) is 5.91 Å². The molecule has 2 fully saturated rings. The number of likely N-dealkylation sites (tertiary alicyclic amines) is 1. The van der Waals surface area contributed by atoms with Gasteiger partial charge in [0.25, 0.3) is 0 Å². The van der Waals surface area contributed by atoms with Crippen LogP contribution in [0.3, 0.4) is 0 Å². The molecule has 3 N–H and O–H groups in total. The first-order valence-corrected chi connectivity index (χ1v) is 5.98. The Labute approximate surface area is 103 Å². The number of halogens is 1. The zero-order chi connectivity index (χ0) is 10.7. The molecule has 2 atom stereocenters. The van der Waals surface area contributed by atoms with E-state index < -0.39 is 0 Å². The van der Waals surface area contributed by atoms with Gasteiger partial charge >= 0.3 is 0 Å². The van der Waals surface area contributed by atoms with Crippen LogP contribution in [0.5, 0.6) is 0 Å². The van der Waals surface area contributed by atoms with E-state index in [0.717, 1.165) is 38.5 Å². The summed E-state index contributed by atoms with van der Waals surface area (Å²) in [4.78, 5) is 13.4. The van der Waals surface area contributed by atoms with Crippen LogP contribution in [0, 0.1) is 11.8 Å². The fraction of sp³-hybridized carbons (Fsp3) is 0.909. The standard InChI is InChI=1S/C11H21N3O.ClH/c12-11(15)10-3-5-14(8-10)7-9-2-1-4-13-6-9;/h9-10,13H,1-8H2,(H2,12,15);1H. The summed E-state index contributed by atoms with van der Waals surface area (Å²) in [5.74, 6) is 0.742. The van der Waals surface area contributed by atoms with Gasteiger partial charge in [0, 0.05) is 13.1 Å². The Bertz CT molecular complexity index is 231. The summed E-state index contributed by atoms with van der Waals surface area (Å²) in [7, 11) is 0. The molecule has 0 spiro atoms. The number of nitrogens with zero attached hydrogens (tertiary/aromatic N) is 1. The van der Waals surface area contributed by atoms with Gasteiger partial charge in [0.15, 0.2) is 0 Å². The van der Waals surface area contributed by atoms with Crippen LogP contribution < -0.4 is 11.1 Å². The smallest absolute Gasteiger partial charge is 0.221 e. The van der Waals surface area contributed by atoms with Crippen molar-refractivity contribution in [2.24, 2.45) is 17.6 Å². The molecule has 4 nitrogen and oxygen atoms in total. The van der Waals surface area contributed by atoms with Gasteiger partial charge in [-0.2, -0.15) is 0 Å². The number of primary amides is 1. The molecule has 2 rings (SSSR count). The summed E-state index contributed by atoms with van der Waals surface area (Å²) < 4.78 is 0. The zero-order valence-electron chi connectivity index (χ0n) is 9.65. The monoisotopic (exact) mass is 247 g/mol. The number of hydrogen-bond donors (Lipinski definition) is 2. The van der Waals surface area contributed by atoms with Crippen molar-refractivity contribution in [3.63, 3.8) is 0 Å². The molecule has 0 radical (unpaired) electrons. The third kappa shape index (κ3) is 3.61. The lowest BCUT2D eigenvalue weighted by molar-refractivity contribution is -0.121. The van der Waals surface area contributed by atoms with Gasteiger partial charge < -0.3 is 16.0 Å². The van der Waals surface area contributed by atoms with E-state index in [1.165, 1.54) is 19.4 Å². The number of hydrogen-bond acceptors (Lipinski definition) is 3. The molecule has 2 aliphatic heterocycles. The highest BCUT2D eigenvalue weighted by Gasteiger charge is 2.28. The number of amides is 1. The maximum atomic E-state index is 11.0. The Morgan fingerprint density at radius 1 is 1.44 bits per heavy atom. The predicted octanol–water partition coefficient (Wildman–Crippen LogP) is 0.215. The van der Waals surface area contributed by atoms with Crippen molar-refractivity contribution < 1.29 is 4.79 Å². The van der Waals surface area contributed by atoms with Gasteiger partial charge in [0.1, 0.15) is 0 Å². The molecule has 16 heavy (non-hydrogen) atoms. The highest BCUT2D eigenvalue weighted by atomic mass is 35.5. The summed E-state index contributed by atoms with van der Waals surface area (Å²) >= 11 is 0. The van der Waals surface area contributed by atoms with E-state index in [0.29, 0.717) is 0 Å². The minimum atomic E-state index is -0.126. The summed E-state index contributed by atoms with van der Waals surface area (Å²) in [6.07, 6.45) is 3.57. The summed E-state index contributed by atoms with van der Waals surface area (Å²) in [5, 5.41) is 3.42. The number of rotatable bonds is 3. The van der Waals surface area contributed by atoms with Crippen LogP contribution in [0.4, 0.5) is 0 Å². The first kappa shape index (κ1) is 13.7. The minimum Gasteiger partial charge on any atom is -0.369 e. The highest BCUT2D eigenvalue weighted by Crippen LogP contribution is 2.19. The van der Waals surface area contributed by atoms with Crippen LogP contribution in [-0.4, -0.2) is 43.5 Å². The second kappa shape index (κ2) is 6.42. The molecule has 0 aromatic carbocycles. The van der Waals surface area contributed by atoms with E-state index >= 15 is 0 Å². The van der Waals surface area contributed by atoms with Crippen molar-refractivity contribution in [1.82, 2.24) is 10.2 Å². The second-order valence-corrected chi connectivity index (χ2v) is 4.86. The minimum absolute atomic E-state index is 0. The molecule has 0 bridgehead atoms. The fourth-order valence-corrected chi connectivity index (χ4v) is 2.68. The molecular weight excluding hydrogens is 226 g/mol. The number of carbonyl (C=O) groups is 1. The van der Waals surface area contributed by atoms with Crippen molar-refractivity contribution in [2.45, 2.75) is 19.3 Å². The maximum absolute atomic E-state index is 11.0. The van der Waals surface area contributed by atoms with Crippen LogP contribution in [0.15, 0.2) is 0 Å². The van der Waals surface area contributed by atoms with Crippen LogP contribution in [-0.2, 0) is 4.79 Å². The lowest BCUT2D eigenvalue weighted by Gasteiger charge is -2.27. The molecule has 0 aliphatic carbocycles. The lowest BCUT2D eigenvalue weighted by atomic mass is 9.99. The van der Waals surface area contributed by atoms with E-state index in [4.69, 9.17) is 5.73 Å². The SMILES string of the molecule is Cl.NC(=O)C1CCN(CC2CCCNC2)C1. The van der Waals surface area contributed by atoms with Crippen molar-refractivity contribution >= 4 is 18.3 Å². The van der Waals surface area contributed by atoms with Gasteiger partial charge in [0.05, 0.1) is 5.92 Å². The van der Waals surface area contributed by atoms with Crippen molar-refractivity contribution in [3.05, 3.63) is 0 Å². The molecular formula is C11H22ClN3O. The number of nitrogens with two attached hydrogens (primary N) is 1. The van der Waals surface area contributed by atoms with Gasteiger partial charge in [-0.1, -0.05) is 0 Å². The quantitative estimate of drug-likeness (QED) is 0.750. The Kier molecular flexibility index (Phi) is 5.52. The molecule has 1 amide bonds. The third-order valence-electron chi connectivity index (χ3n) is 3.59. The number of piperidine rings is 1. The first-order chi connectivity index (χ1) is 7.25. The van der Waals surface area contributed by atoms with Gasteiger partial charge in [-0.3, -0.25) is 4.79 Å². The second-order valence-electron chi connectivity index (χ2n) is 4.86. The highest BCUT2D eigenvalue weighted by molar-refractivity contribution is 5.85. The van der Waals surface area contributed by atoms with Crippen molar-refractivity contribution in [3.8, 4) is 0 Å². The van der Waals surface area contributed by atoms with E-state index in [9.17, 15) is 4.79 Å². The molecule has 0 aromatic rings. The first-order valence-electron chi connectivity index (χ1n) is 5.98. The average Bonchev–Trinajstić information content (AvgIpc) is 2.68. The zero-order valence-corrected chi connectivity index (χ0v) is 10.5. The molecule has 0 saturated carbocycles. The fourth-order valence-electron chi connectivity index (χ4n) is 2.68. The Morgan fingerprint density at radius 2 is 2.25 bits per heavy atom. The number of carbonyl (C=O) groups excluding carboxylic acids is 1. The molecule has 94 valence electrons.